The van der Waals surface area contributed by atoms with Crippen LogP contribution in [0.2, 0.25) is 0 Å². The molecule has 4 heterocycles. The molecule has 9 nitrogen and oxygen atoms in total. The number of likely N-dealkylation sites (tertiary alicyclic amines) is 1. The lowest BCUT2D eigenvalue weighted by Gasteiger charge is -2.36. The Kier molecular flexibility index (Phi) is 6.62. The van der Waals surface area contributed by atoms with Crippen LogP contribution in [0.15, 0.2) is 0 Å². The molecule has 5 atom stereocenters. The predicted octanol–water partition coefficient (Wildman–Crippen LogP) is 0.929. The van der Waals surface area contributed by atoms with Gasteiger partial charge in [0.05, 0.1) is 12.8 Å². The summed E-state index contributed by atoms with van der Waals surface area (Å²) in [5.74, 6) is 1.46. The molecule has 9 heteroatoms. The van der Waals surface area contributed by atoms with Crippen molar-refractivity contribution in [3.8, 4) is 0 Å². The Morgan fingerprint density at radius 3 is 2.59 bits per heavy atom. The predicted molar refractivity (Wildman–Crippen MR) is 107 cm³/mol. The summed E-state index contributed by atoms with van der Waals surface area (Å²) >= 11 is 0. The second kappa shape index (κ2) is 9.03. The smallest absolute Gasteiger partial charge is 0.410 e. The Hall–Kier alpha value is -0.970. The molecule has 0 aromatic rings. The van der Waals surface area contributed by atoms with Crippen LogP contribution in [-0.4, -0.2) is 67.8 Å². The van der Waals surface area contributed by atoms with E-state index < -0.39 is 5.60 Å². The number of hydrogen-bond acceptors (Lipinski definition) is 8. The van der Waals surface area contributed by atoms with E-state index in [0.29, 0.717) is 23.8 Å². The van der Waals surface area contributed by atoms with E-state index in [9.17, 15) is 4.79 Å². The maximum absolute atomic E-state index is 12.3. The summed E-state index contributed by atoms with van der Waals surface area (Å²) in [5, 5.41) is 7.33. The standard InChI is InChI=1S/C20H37N5O4/c1-20(2,3)28-19(26)25-8-5-13(6-9-25)17-23-18(29-24-17)14-4-7-21-16(10-14)15-11-22-27-12-15/h13-18,21-24H,4-12H2,1-3H3. The van der Waals surface area contributed by atoms with E-state index in [0.717, 1.165) is 58.5 Å². The van der Waals surface area contributed by atoms with Crippen LogP contribution in [0.4, 0.5) is 4.79 Å². The average Bonchev–Trinajstić information content (AvgIpc) is 3.39. The molecule has 4 rings (SSSR count). The maximum atomic E-state index is 12.3. The maximum Gasteiger partial charge on any atom is 0.410 e. The SMILES string of the molecule is CC(C)(C)OC(=O)N1CCC(C2NOC(C3CCNC(C4CNOC4)C3)N2)CC1. The zero-order valence-corrected chi connectivity index (χ0v) is 17.9. The van der Waals surface area contributed by atoms with E-state index in [2.05, 4.69) is 21.6 Å². The second-order valence-electron chi connectivity index (χ2n) is 9.87. The van der Waals surface area contributed by atoms with Crippen molar-refractivity contribution in [2.75, 3.05) is 32.8 Å². The number of nitrogens with one attached hydrogen (secondary N) is 4. The molecular weight excluding hydrogens is 374 g/mol. The Morgan fingerprint density at radius 1 is 1.10 bits per heavy atom. The number of nitrogens with zero attached hydrogens (tertiary/aromatic N) is 1. The zero-order chi connectivity index (χ0) is 20.4. The third-order valence-electron chi connectivity index (χ3n) is 6.55. The van der Waals surface area contributed by atoms with Gasteiger partial charge in [-0.15, -0.1) is 0 Å². The van der Waals surface area contributed by atoms with Crippen molar-refractivity contribution >= 4 is 6.09 Å². The summed E-state index contributed by atoms with van der Waals surface area (Å²) in [6.45, 7) is 9.89. The highest BCUT2D eigenvalue weighted by Gasteiger charge is 2.40. The van der Waals surface area contributed by atoms with Gasteiger partial charge in [0.15, 0.2) is 0 Å². The van der Waals surface area contributed by atoms with Gasteiger partial charge in [-0.3, -0.25) is 10.2 Å². The van der Waals surface area contributed by atoms with Gasteiger partial charge in [0.25, 0.3) is 0 Å². The molecule has 0 bridgehead atoms. The van der Waals surface area contributed by atoms with Crippen molar-refractivity contribution in [3.63, 3.8) is 0 Å². The van der Waals surface area contributed by atoms with Crippen molar-refractivity contribution < 1.29 is 19.2 Å². The number of amides is 1. The molecule has 4 saturated heterocycles. The highest BCUT2D eigenvalue weighted by atomic mass is 16.7. The molecule has 0 spiro atoms. The van der Waals surface area contributed by atoms with Gasteiger partial charge in [-0.1, -0.05) is 0 Å². The summed E-state index contributed by atoms with van der Waals surface area (Å²) in [6.07, 6.45) is 4.08. The van der Waals surface area contributed by atoms with Crippen molar-refractivity contribution in [2.24, 2.45) is 17.8 Å². The van der Waals surface area contributed by atoms with Crippen LogP contribution in [0, 0.1) is 17.8 Å². The molecule has 0 saturated carbocycles. The third-order valence-corrected chi connectivity index (χ3v) is 6.55. The number of piperidine rings is 2. The van der Waals surface area contributed by atoms with Crippen LogP contribution in [0.1, 0.15) is 46.5 Å². The molecule has 4 fully saturated rings. The Morgan fingerprint density at radius 2 is 1.90 bits per heavy atom. The lowest BCUT2D eigenvalue weighted by Crippen LogP contribution is -2.51. The van der Waals surface area contributed by atoms with Gasteiger partial charge in [-0.25, -0.2) is 10.3 Å². The average molecular weight is 412 g/mol. The molecule has 4 aliphatic heterocycles. The van der Waals surface area contributed by atoms with Gasteiger partial charge in [0.2, 0.25) is 0 Å². The van der Waals surface area contributed by atoms with Gasteiger partial charge in [-0.2, -0.15) is 5.48 Å². The first-order chi connectivity index (χ1) is 13.9. The van der Waals surface area contributed by atoms with E-state index in [4.69, 9.17) is 14.4 Å². The normalized spacial score (nSPS) is 37.1. The molecule has 0 aromatic carbocycles. The van der Waals surface area contributed by atoms with Gasteiger partial charge >= 0.3 is 6.09 Å². The molecule has 4 aliphatic rings. The molecule has 166 valence electrons. The number of ether oxygens (including phenoxy) is 1. The molecule has 0 aliphatic carbocycles. The van der Waals surface area contributed by atoms with Crippen LogP contribution in [0.5, 0.6) is 0 Å². The van der Waals surface area contributed by atoms with Crippen LogP contribution in [0.3, 0.4) is 0 Å². The van der Waals surface area contributed by atoms with Gasteiger partial charge in [-0.05, 0) is 58.9 Å². The first-order valence-corrected chi connectivity index (χ1v) is 11.1. The summed E-state index contributed by atoms with van der Waals surface area (Å²) in [6, 6.07) is 0.477. The van der Waals surface area contributed by atoms with Gasteiger partial charge in [0, 0.05) is 37.5 Å². The second-order valence-corrected chi connectivity index (χ2v) is 9.87. The summed E-state index contributed by atoms with van der Waals surface area (Å²) in [7, 11) is 0. The fourth-order valence-corrected chi connectivity index (χ4v) is 4.86. The van der Waals surface area contributed by atoms with E-state index in [1.807, 2.05) is 25.7 Å². The third kappa shape index (κ3) is 5.39. The lowest BCUT2D eigenvalue weighted by molar-refractivity contribution is -0.0284. The number of carbonyl (C=O) groups excluding carboxylic acids is 1. The van der Waals surface area contributed by atoms with Crippen LogP contribution < -0.4 is 21.6 Å². The van der Waals surface area contributed by atoms with Crippen molar-refractivity contribution in [3.05, 3.63) is 0 Å². The lowest BCUT2D eigenvalue weighted by atomic mass is 9.84. The largest absolute Gasteiger partial charge is 0.444 e. The summed E-state index contributed by atoms with van der Waals surface area (Å²) in [5.41, 5.74) is 5.78. The molecule has 1 amide bonds. The van der Waals surface area contributed by atoms with E-state index in [1.54, 1.807) is 0 Å². The first-order valence-electron chi connectivity index (χ1n) is 11.1. The van der Waals surface area contributed by atoms with Gasteiger partial charge in [0.1, 0.15) is 11.8 Å². The van der Waals surface area contributed by atoms with Crippen molar-refractivity contribution in [1.29, 1.82) is 0 Å². The Balaban J connectivity index is 1.22. The quantitative estimate of drug-likeness (QED) is 0.545. The minimum atomic E-state index is -0.447. The molecular formula is C20H37N5O4. The zero-order valence-electron chi connectivity index (χ0n) is 17.9. The molecule has 0 aromatic heterocycles. The Labute approximate surface area is 173 Å². The highest BCUT2D eigenvalue weighted by molar-refractivity contribution is 5.68. The molecule has 5 unspecified atom stereocenters. The molecule has 29 heavy (non-hydrogen) atoms. The van der Waals surface area contributed by atoms with E-state index >= 15 is 0 Å². The summed E-state index contributed by atoms with van der Waals surface area (Å²) in [4.78, 5) is 25.4. The fraction of sp³-hybridized carbons (Fsp3) is 0.950. The monoisotopic (exact) mass is 411 g/mol. The van der Waals surface area contributed by atoms with Crippen LogP contribution in [-0.2, 0) is 14.4 Å². The van der Waals surface area contributed by atoms with Crippen molar-refractivity contribution in [1.82, 2.24) is 26.5 Å². The minimum absolute atomic E-state index is 0.0452. The molecule has 4 N–H and O–H groups in total. The van der Waals surface area contributed by atoms with Crippen LogP contribution in [0.25, 0.3) is 0 Å². The first kappa shape index (κ1) is 21.3. The number of hydroxylamine groups is 2. The van der Waals surface area contributed by atoms with E-state index in [1.165, 1.54) is 0 Å². The van der Waals surface area contributed by atoms with Crippen LogP contribution >= 0.6 is 0 Å². The topological polar surface area (TPSA) is 96.1 Å². The fourth-order valence-electron chi connectivity index (χ4n) is 4.86. The number of hydrogen-bond donors (Lipinski definition) is 4. The number of carbonyl (C=O) groups is 1. The number of rotatable bonds is 3. The minimum Gasteiger partial charge on any atom is -0.444 e. The van der Waals surface area contributed by atoms with E-state index in [-0.39, 0.29) is 18.5 Å². The van der Waals surface area contributed by atoms with Crippen molar-refractivity contribution in [2.45, 2.75) is 70.5 Å². The molecule has 0 radical (unpaired) electrons. The van der Waals surface area contributed by atoms with Gasteiger partial charge < -0.3 is 19.8 Å². The summed E-state index contributed by atoms with van der Waals surface area (Å²) < 4.78 is 5.50. The highest BCUT2D eigenvalue weighted by Crippen LogP contribution is 2.29. The Bertz CT molecular complexity index is 558.